The Kier molecular flexibility index (Phi) is 5.68. The first kappa shape index (κ1) is 22.1. The van der Waals surface area contributed by atoms with Crippen molar-refractivity contribution in [3.05, 3.63) is 81.7 Å². The van der Waals surface area contributed by atoms with Crippen molar-refractivity contribution < 1.29 is 23.9 Å². The van der Waals surface area contributed by atoms with Gasteiger partial charge >= 0.3 is 5.97 Å². The predicted octanol–water partition coefficient (Wildman–Crippen LogP) is 2.93. The molecule has 8 nitrogen and oxygen atoms in total. The van der Waals surface area contributed by atoms with Crippen LogP contribution in [0.1, 0.15) is 55.7 Å². The van der Waals surface area contributed by atoms with Gasteiger partial charge in [-0.3, -0.25) is 23.9 Å². The zero-order chi connectivity index (χ0) is 23.9. The maximum Gasteiger partial charge on any atom is 0.311 e. The highest BCUT2D eigenvalue weighted by Gasteiger charge is 2.30. The number of esters is 1. The van der Waals surface area contributed by atoms with Gasteiger partial charge in [0.1, 0.15) is 0 Å². The van der Waals surface area contributed by atoms with E-state index in [1.165, 1.54) is 19.1 Å². The maximum absolute atomic E-state index is 12.9. The highest BCUT2D eigenvalue weighted by Crippen LogP contribution is 2.29. The SMILES string of the molecule is Cc1nn(C)c(C)c1CC(=O)OC(C)C(=O)Nc1ccc2c(c1)C(=O)c1ccccc1C2=O. The second-order valence-corrected chi connectivity index (χ2v) is 8.04. The van der Waals surface area contributed by atoms with Gasteiger partial charge in [0, 0.05) is 46.2 Å². The molecular weight excluding hydrogens is 422 g/mol. The molecule has 8 heteroatoms. The molecule has 0 saturated heterocycles. The third-order valence-corrected chi connectivity index (χ3v) is 5.85. The van der Waals surface area contributed by atoms with E-state index in [1.54, 1.807) is 42.1 Å². The molecule has 1 aromatic heterocycles. The van der Waals surface area contributed by atoms with Crippen LogP contribution in [-0.4, -0.2) is 39.3 Å². The summed E-state index contributed by atoms with van der Waals surface area (Å²) in [5.41, 5.74) is 3.92. The first-order valence-corrected chi connectivity index (χ1v) is 10.5. The highest BCUT2D eigenvalue weighted by atomic mass is 16.5. The molecule has 1 aliphatic rings. The van der Waals surface area contributed by atoms with Crippen molar-refractivity contribution >= 4 is 29.1 Å². The lowest BCUT2D eigenvalue weighted by atomic mass is 9.84. The summed E-state index contributed by atoms with van der Waals surface area (Å²) in [4.78, 5) is 50.5. The van der Waals surface area contributed by atoms with Gasteiger partial charge in [0.15, 0.2) is 17.7 Å². The number of amides is 1. The fourth-order valence-corrected chi connectivity index (χ4v) is 3.93. The molecule has 0 spiro atoms. The number of nitrogens with zero attached hydrogens (tertiary/aromatic N) is 2. The van der Waals surface area contributed by atoms with Crippen molar-refractivity contribution in [1.29, 1.82) is 0 Å². The number of fused-ring (bicyclic) bond motifs is 2. The third kappa shape index (κ3) is 4.07. The molecule has 2 aromatic carbocycles. The van der Waals surface area contributed by atoms with E-state index in [2.05, 4.69) is 10.4 Å². The van der Waals surface area contributed by atoms with Gasteiger partial charge in [0.25, 0.3) is 5.91 Å². The van der Waals surface area contributed by atoms with E-state index >= 15 is 0 Å². The fourth-order valence-electron chi connectivity index (χ4n) is 3.93. The molecule has 1 atom stereocenters. The van der Waals surface area contributed by atoms with Crippen molar-refractivity contribution in [2.45, 2.75) is 33.3 Å². The van der Waals surface area contributed by atoms with Crippen molar-refractivity contribution in [3.8, 4) is 0 Å². The zero-order valence-corrected chi connectivity index (χ0v) is 18.8. The smallest absolute Gasteiger partial charge is 0.311 e. The van der Waals surface area contributed by atoms with Crippen LogP contribution in [0.4, 0.5) is 5.69 Å². The van der Waals surface area contributed by atoms with Crippen molar-refractivity contribution in [2.75, 3.05) is 5.32 Å². The van der Waals surface area contributed by atoms with E-state index in [0.29, 0.717) is 22.4 Å². The molecule has 33 heavy (non-hydrogen) atoms. The molecule has 1 amide bonds. The second-order valence-electron chi connectivity index (χ2n) is 8.04. The number of hydrogen-bond donors (Lipinski definition) is 1. The topological polar surface area (TPSA) is 107 Å². The van der Waals surface area contributed by atoms with Crippen LogP contribution < -0.4 is 5.32 Å². The molecule has 4 rings (SSSR count). The van der Waals surface area contributed by atoms with E-state index in [4.69, 9.17) is 4.74 Å². The van der Waals surface area contributed by atoms with Gasteiger partial charge in [-0.15, -0.1) is 0 Å². The normalized spacial score (nSPS) is 13.2. The number of carbonyl (C=O) groups is 4. The molecule has 0 bridgehead atoms. The molecule has 0 aliphatic heterocycles. The quantitative estimate of drug-likeness (QED) is 0.474. The zero-order valence-electron chi connectivity index (χ0n) is 18.8. The predicted molar refractivity (Wildman–Crippen MR) is 120 cm³/mol. The number of ketones is 2. The van der Waals surface area contributed by atoms with Gasteiger partial charge in [-0.05, 0) is 39.0 Å². The molecule has 1 N–H and O–H groups in total. The molecule has 1 aliphatic carbocycles. The summed E-state index contributed by atoms with van der Waals surface area (Å²) in [5.74, 6) is -1.60. The number of anilines is 1. The summed E-state index contributed by atoms with van der Waals surface area (Å²) in [7, 11) is 1.79. The summed E-state index contributed by atoms with van der Waals surface area (Å²) in [6.07, 6.45) is -1.04. The number of aryl methyl sites for hydroxylation is 2. The van der Waals surface area contributed by atoms with Crippen LogP contribution in [0.2, 0.25) is 0 Å². The Morgan fingerprint density at radius 2 is 1.61 bits per heavy atom. The Labute approximate surface area is 190 Å². The largest absolute Gasteiger partial charge is 0.452 e. The summed E-state index contributed by atoms with van der Waals surface area (Å²) < 4.78 is 6.98. The number of rotatable bonds is 5. The minimum absolute atomic E-state index is 0.0119. The lowest BCUT2D eigenvalue weighted by molar-refractivity contribution is -0.152. The van der Waals surface area contributed by atoms with Crippen LogP contribution in [0, 0.1) is 13.8 Å². The monoisotopic (exact) mass is 445 g/mol. The van der Waals surface area contributed by atoms with E-state index in [9.17, 15) is 19.2 Å². The minimum atomic E-state index is -1.05. The summed E-state index contributed by atoms with van der Waals surface area (Å²) in [6.45, 7) is 5.14. The van der Waals surface area contributed by atoms with E-state index in [1.807, 2.05) is 13.8 Å². The van der Waals surface area contributed by atoms with Gasteiger partial charge < -0.3 is 10.1 Å². The molecule has 3 aromatic rings. The summed E-state index contributed by atoms with van der Waals surface area (Å²) >= 11 is 0. The van der Waals surface area contributed by atoms with Crippen LogP contribution in [0.25, 0.3) is 0 Å². The minimum Gasteiger partial charge on any atom is -0.452 e. The molecule has 0 saturated carbocycles. The number of ether oxygens (including phenoxy) is 1. The number of benzene rings is 2. The first-order valence-electron chi connectivity index (χ1n) is 10.5. The van der Waals surface area contributed by atoms with Crippen molar-refractivity contribution in [3.63, 3.8) is 0 Å². The molecule has 0 radical (unpaired) electrons. The number of hydrogen-bond acceptors (Lipinski definition) is 6. The van der Waals surface area contributed by atoms with Gasteiger partial charge in [0.2, 0.25) is 0 Å². The Morgan fingerprint density at radius 1 is 1.00 bits per heavy atom. The first-order chi connectivity index (χ1) is 15.7. The number of aromatic nitrogens is 2. The summed E-state index contributed by atoms with van der Waals surface area (Å²) in [6, 6.07) is 11.2. The Morgan fingerprint density at radius 3 is 2.21 bits per heavy atom. The molecule has 168 valence electrons. The number of nitrogens with one attached hydrogen (secondary N) is 1. The number of carbonyl (C=O) groups excluding carboxylic acids is 4. The van der Waals surface area contributed by atoms with Crippen LogP contribution in [0.5, 0.6) is 0 Å². The molecule has 1 unspecified atom stereocenters. The highest BCUT2D eigenvalue weighted by molar-refractivity contribution is 6.28. The Balaban J connectivity index is 1.45. The third-order valence-electron chi connectivity index (χ3n) is 5.85. The Bertz CT molecular complexity index is 1320. The maximum atomic E-state index is 12.9. The van der Waals surface area contributed by atoms with Crippen LogP contribution >= 0.6 is 0 Å². The lowest BCUT2D eigenvalue weighted by Gasteiger charge is -2.19. The molecule has 1 heterocycles. The fraction of sp³-hybridized carbons (Fsp3) is 0.240. The van der Waals surface area contributed by atoms with Gasteiger partial charge in [-0.2, -0.15) is 5.10 Å². The summed E-state index contributed by atoms with van der Waals surface area (Å²) in [5, 5.41) is 6.92. The second kappa shape index (κ2) is 8.46. The average Bonchev–Trinajstić information content (AvgIpc) is 3.03. The Hall–Kier alpha value is -4.07. The lowest BCUT2D eigenvalue weighted by Crippen LogP contribution is -2.31. The van der Waals surface area contributed by atoms with Crippen LogP contribution in [0.3, 0.4) is 0 Å². The average molecular weight is 445 g/mol. The standard InChI is InChI=1S/C25H23N3O5/c1-13-20(14(2)28(4)27-13)12-22(29)33-15(3)25(32)26-16-9-10-19-21(11-16)24(31)18-8-6-5-7-17(18)23(19)30/h5-11,15H,12H2,1-4H3,(H,26,32). The van der Waals surface area contributed by atoms with Crippen molar-refractivity contribution in [1.82, 2.24) is 9.78 Å². The van der Waals surface area contributed by atoms with Gasteiger partial charge in [-0.1, -0.05) is 24.3 Å². The van der Waals surface area contributed by atoms with Gasteiger partial charge in [-0.25, -0.2) is 0 Å². The van der Waals surface area contributed by atoms with Crippen LogP contribution in [0.15, 0.2) is 42.5 Å². The molecular formula is C25H23N3O5. The van der Waals surface area contributed by atoms with E-state index in [0.717, 1.165) is 17.0 Å². The van der Waals surface area contributed by atoms with Crippen molar-refractivity contribution in [2.24, 2.45) is 7.05 Å². The van der Waals surface area contributed by atoms with Gasteiger partial charge in [0.05, 0.1) is 12.1 Å². The molecule has 0 fully saturated rings. The van der Waals surface area contributed by atoms with Crippen LogP contribution in [-0.2, 0) is 27.8 Å². The van der Waals surface area contributed by atoms with E-state index < -0.39 is 18.0 Å². The van der Waals surface area contributed by atoms with E-state index in [-0.39, 0.29) is 23.6 Å².